The molecule has 140 valence electrons. The van der Waals surface area contributed by atoms with Crippen LogP contribution in [-0.4, -0.2) is 26.4 Å². The monoisotopic (exact) mass is 444 g/mol. The maximum Gasteiger partial charge on any atom is 0.230 e. The fourth-order valence-electron chi connectivity index (χ4n) is 2.58. The van der Waals surface area contributed by atoms with Gasteiger partial charge in [0.05, 0.1) is 5.75 Å². The fourth-order valence-corrected chi connectivity index (χ4v) is 3.68. The molecule has 0 bridgehead atoms. The zero-order valence-electron chi connectivity index (χ0n) is 15.3. The Morgan fingerprint density at radius 1 is 1.11 bits per heavy atom. The van der Waals surface area contributed by atoms with Crippen LogP contribution in [0.1, 0.15) is 18.1 Å². The molecule has 5 nitrogen and oxygen atoms in total. The highest BCUT2D eigenvalue weighted by Gasteiger charge is 2.14. The molecule has 0 radical (unpaired) electrons. The molecule has 0 spiro atoms. The molecule has 0 atom stereocenters. The van der Waals surface area contributed by atoms with E-state index in [4.69, 9.17) is 0 Å². The van der Waals surface area contributed by atoms with Gasteiger partial charge < -0.3 is 9.88 Å². The van der Waals surface area contributed by atoms with Crippen molar-refractivity contribution in [1.82, 2.24) is 20.1 Å². The standard InChI is InChI=1S/C20H21BrN4OS/c1-3-25-19(16-8-10-17(21)11-9-16)23-24-20(25)27-13-18(26)22-12-15-6-4-14(2)5-7-15/h4-11H,3,12-13H2,1-2H3,(H,22,26). The molecule has 7 heteroatoms. The van der Waals surface area contributed by atoms with Crippen LogP contribution in [0.3, 0.4) is 0 Å². The molecular weight excluding hydrogens is 424 g/mol. The second-order valence-corrected chi connectivity index (χ2v) is 7.97. The summed E-state index contributed by atoms with van der Waals surface area (Å²) in [6, 6.07) is 16.1. The summed E-state index contributed by atoms with van der Waals surface area (Å²) in [6.07, 6.45) is 0. The van der Waals surface area contributed by atoms with Crippen molar-refractivity contribution in [2.24, 2.45) is 0 Å². The van der Waals surface area contributed by atoms with Crippen LogP contribution in [0, 0.1) is 6.92 Å². The van der Waals surface area contributed by atoms with E-state index in [1.165, 1.54) is 17.3 Å². The number of carbonyl (C=O) groups is 1. The number of hydrogen-bond acceptors (Lipinski definition) is 4. The van der Waals surface area contributed by atoms with E-state index in [2.05, 4.69) is 31.4 Å². The van der Waals surface area contributed by atoms with Crippen LogP contribution in [0.15, 0.2) is 58.2 Å². The average molecular weight is 445 g/mol. The third-order valence-corrected chi connectivity index (χ3v) is 5.57. The molecule has 1 amide bonds. The van der Waals surface area contributed by atoms with Crippen LogP contribution in [0.4, 0.5) is 0 Å². The van der Waals surface area contributed by atoms with Crippen molar-refractivity contribution in [3.8, 4) is 11.4 Å². The summed E-state index contributed by atoms with van der Waals surface area (Å²) in [5.74, 6) is 1.11. The van der Waals surface area contributed by atoms with E-state index in [1.54, 1.807) is 0 Å². The first kappa shape index (κ1) is 19.6. The summed E-state index contributed by atoms with van der Waals surface area (Å²) in [7, 11) is 0. The lowest BCUT2D eigenvalue weighted by atomic mass is 10.1. The number of amides is 1. The summed E-state index contributed by atoms with van der Waals surface area (Å²) in [6.45, 7) is 5.37. The SMILES string of the molecule is CCn1c(SCC(=O)NCc2ccc(C)cc2)nnc1-c1ccc(Br)cc1. The van der Waals surface area contributed by atoms with Gasteiger partial charge in [-0.2, -0.15) is 0 Å². The quantitative estimate of drug-likeness (QED) is 0.547. The molecule has 0 aliphatic heterocycles. The van der Waals surface area contributed by atoms with Gasteiger partial charge in [0, 0.05) is 23.1 Å². The van der Waals surface area contributed by atoms with E-state index in [9.17, 15) is 4.79 Å². The first-order valence-electron chi connectivity index (χ1n) is 8.71. The third kappa shape index (κ3) is 5.20. The minimum atomic E-state index is -0.0172. The topological polar surface area (TPSA) is 59.8 Å². The van der Waals surface area contributed by atoms with E-state index in [0.29, 0.717) is 12.3 Å². The van der Waals surface area contributed by atoms with Gasteiger partial charge in [0.15, 0.2) is 11.0 Å². The lowest BCUT2D eigenvalue weighted by molar-refractivity contribution is -0.118. The average Bonchev–Trinajstić information content (AvgIpc) is 3.09. The summed E-state index contributed by atoms with van der Waals surface area (Å²) >= 11 is 4.85. The highest BCUT2D eigenvalue weighted by atomic mass is 79.9. The van der Waals surface area contributed by atoms with E-state index in [0.717, 1.165) is 33.1 Å². The molecule has 3 rings (SSSR count). The van der Waals surface area contributed by atoms with Gasteiger partial charge in [-0.3, -0.25) is 4.79 Å². The van der Waals surface area contributed by atoms with Gasteiger partial charge in [-0.25, -0.2) is 0 Å². The van der Waals surface area contributed by atoms with Crippen LogP contribution in [-0.2, 0) is 17.9 Å². The largest absolute Gasteiger partial charge is 0.351 e. The van der Waals surface area contributed by atoms with Gasteiger partial charge in [0.2, 0.25) is 5.91 Å². The Hall–Kier alpha value is -2.12. The Balaban J connectivity index is 1.59. The van der Waals surface area contributed by atoms with E-state index < -0.39 is 0 Å². The number of hydrogen-bond donors (Lipinski definition) is 1. The predicted octanol–water partition coefficient (Wildman–Crippen LogP) is 4.44. The number of carbonyl (C=O) groups excluding carboxylic acids is 1. The zero-order chi connectivity index (χ0) is 19.2. The van der Waals surface area contributed by atoms with Crippen LogP contribution in [0.2, 0.25) is 0 Å². The predicted molar refractivity (Wildman–Crippen MR) is 113 cm³/mol. The Kier molecular flexibility index (Phi) is 6.68. The van der Waals surface area contributed by atoms with Gasteiger partial charge in [-0.1, -0.05) is 69.7 Å². The molecule has 1 N–H and O–H groups in total. The van der Waals surface area contributed by atoms with Crippen LogP contribution in [0.25, 0.3) is 11.4 Å². The summed E-state index contributed by atoms with van der Waals surface area (Å²) < 4.78 is 3.05. The van der Waals surface area contributed by atoms with Crippen molar-refractivity contribution in [1.29, 1.82) is 0 Å². The van der Waals surface area contributed by atoms with E-state index in [-0.39, 0.29) is 5.91 Å². The maximum atomic E-state index is 12.2. The Bertz CT molecular complexity index is 907. The Morgan fingerprint density at radius 2 is 1.81 bits per heavy atom. The molecule has 0 aliphatic rings. The fraction of sp³-hybridized carbons (Fsp3) is 0.250. The highest BCUT2D eigenvalue weighted by Crippen LogP contribution is 2.25. The number of rotatable bonds is 7. The second kappa shape index (κ2) is 9.19. The molecule has 2 aromatic carbocycles. The highest BCUT2D eigenvalue weighted by molar-refractivity contribution is 9.10. The second-order valence-electron chi connectivity index (χ2n) is 6.11. The molecule has 3 aromatic rings. The van der Waals surface area contributed by atoms with Crippen LogP contribution in [0.5, 0.6) is 0 Å². The van der Waals surface area contributed by atoms with Gasteiger partial charge in [-0.15, -0.1) is 10.2 Å². The maximum absolute atomic E-state index is 12.2. The number of halogens is 1. The first-order chi connectivity index (χ1) is 13.1. The van der Waals surface area contributed by atoms with Gasteiger partial charge in [-0.05, 0) is 31.5 Å². The molecule has 1 aromatic heterocycles. The van der Waals surface area contributed by atoms with Crippen LogP contribution >= 0.6 is 27.7 Å². The number of thioether (sulfide) groups is 1. The number of nitrogens with zero attached hydrogens (tertiary/aromatic N) is 3. The van der Waals surface area contributed by atoms with Crippen molar-refractivity contribution >= 4 is 33.6 Å². The van der Waals surface area contributed by atoms with Crippen molar-refractivity contribution in [2.75, 3.05) is 5.75 Å². The number of aryl methyl sites for hydroxylation is 1. The zero-order valence-corrected chi connectivity index (χ0v) is 17.7. The third-order valence-electron chi connectivity index (χ3n) is 4.08. The molecule has 0 aliphatic carbocycles. The van der Waals surface area contributed by atoms with Crippen molar-refractivity contribution in [3.63, 3.8) is 0 Å². The molecule has 0 unspecified atom stereocenters. The summed E-state index contributed by atoms with van der Waals surface area (Å²) in [5.41, 5.74) is 3.30. The summed E-state index contributed by atoms with van der Waals surface area (Å²) in [5, 5.41) is 12.3. The van der Waals surface area contributed by atoms with Gasteiger partial charge >= 0.3 is 0 Å². The minimum absolute atomic E-state index is 0.0172. The lowest BCUT2D eigenvalue weighted by Crippen LogP contribution is -2.24. The van der Waals surface area contributed by atoms with Crippen molar-refractivity contribution < 1.29 is 4.79 Å². The van der Waals surface area contributed by atoms with Crippen molar-refractivity contribution in [3.05, 3.63) is 64.1 Å². The van der Waals surface area contributed by atoms with Gasteiger partial charge in [0.25, 0.3) is 0 Å². The number of aromatic nitrogens is 3. The molecule has 0 fully saturated rings. The smallest absolute Gasteiger partial charge is 0.230 e. The first-order valence-corrected chi connectivity index (χ1v) is 10.5. The summed E-state index contributed by atoms with van der Waals surface area (Å²) in [4.78, 5) is 12.2. The Labute approximate surface area is 171 Å². The molecule has 1 heterocycles. The Morgan fingerprint density at radius 3 is 2.48 bits per heavy atom. The number of nitrogens with one attached hydrogen (secondary N) is 1. The molecule has 0 saturated carbocycles. The number of benzene rings is 2. The lowest BCUT2D eigenvalue weighted by Gasteiger charge is -2.08. The molecular formula is C20H21BrN4OS. The molecule has 0 saturated heterocycles. The minimum Gasteiger partial charge on any atom is -0.351 e. The van der Waals surface area contributed by atoms with E-state index in [1.807, 2.05) is 66.9 Å². The van der Waals surface area contributed by atoms with Crippen molar-refractivity contribution in [2.45, 2.75) is 32.1 Å². The molecule has 27 heavy (non-hydrogen) atoms. The van der Waals surface area contributed by atoms with E-state index >= 15 is 0 Å². The van der Waals surface area contributed by atoms with Crippen LogP contribution < -0.4 is 5.32 Å². The normalized spacial score (nSPS) is 10.8. The van der Waals surface area contributed by atoms with Gasteiger partial charge in [0.1, 0.15) is 0 Å².